The molecule has 0 bridgehead atoms. The van der Waals surface area contributed by atoms with Crippen LogP contribution in [0.4, 0.5) is 0 Å². The number of carbonyl (C=O) groups is 1. The molecule has 2 rings (SSSR count). The fourth-order valence-electron chi connectivity index (χ4n) is 2.98. The number of hydrogen-bond donors (Lipinski definition) is 1. The minimum atomic E-state index is -0.566. The van der Waals surface area contributed by atoms with Crippen LogP contribution in [0.5, 0.6) is 0 Å². The molecule has 2 fully saturated rings. The Morgan fingerprint density at radius 1 is 1.35 bits per heavy atom. The van der Waals surface area contributed by atoms with Crippen molar-refractivity contribution in [1.82, 2.24) is 10.2 Å². The molecular formula is C13H24N2O2. The first-order chi connectivity index (χ1) is 8.10. The largest absolute Gasteiger partial charge is 0.368 e. The van der Waals surface area contributed by atoms with Gasteiger partial charge in [-0.2, -0.15) is 0 Å². The standard InChI is InChI=1S/C13H24N2O2/c1-10-4-9-15(11(10)2)12(16)13(17-3)5-7-14-8-6-13/h10-11,14H,4-9H2,1-3H3. The van der Waals surface area contributed by atoms with Gasteiger partial charge in [-0.15, -0.1) is 0 Å². The van der Waals surface area contributed by atoms with Crippen molar-refractivity contribution >= 4 is 5.91 Å². The summed E-state index contributed by atoms with van der Waals surface area (Å²) in [6, 6.07) is 0.351. The number of amides is 1. The van der Waals surface area contributed by atoms with Crippen molar-refractivity contribution in [2.45, 2.75) is 44.8 Å². The second-order valence-corrected chi connectivity index (χ2v) is 5.45. The third-order valence-corrected chi connectivity index (χ3v) is 4.59. The van der Waals surface area contributed by atoms with E-state index in [1.54, 1.807) is 7.11 Å². The van der Waals surface area contributed by atoms with Gasteiger partial charge in [0.2, 0.25) is 0 Å². The van der Waals surface area contributed by atoms with E-state index in [0.717, 1.165) is 38.9 Å². The lowest BCUT2D eigenvalue weighted by molar-refractivity contribution is -0.159. The predicted molar refractivity (Wildman–Crippen MR) is 66.8 cm³/mol. The minimum Gasteiger partial charge on any atom is -0.368 e. The molecule has 17 heavy (non-hydrogen) atoms. The lowest BCUT2D eigenvalue weighted by Gasteiger charge is -2.39. The summed E-state index contributed by atoms with van der Waals surface area (Å²) in [5.41, 5.74) is -0.566. The Morgan fingerprint density at radius 3 is 2.47 bits per heavy atom. The molecule has 0 aromatic heterocycles. The van der Waals surface area contributed by atoms with E-state index in [-0.39, 0.29) is 5.91 Å². The first-order valence-electron chi connectivity index (χ1n) is 6.68. The van der Waals surface area contributed by atoms with Gasteiger partial charge in [0.25, 0.3) is 5.91 Å². The molecule has 2 aliphatic heterocycles. The maximum absolute atomic E-state index is 12.7. The number of ether oxygens (including phenoxy) is 1. The summed E-state index contributed by atoms with van der Waals surface area (Å²) >= 11 is 0. The van der Waals surface area contributed by atoms with E-state index in [1.165, 1.54) is 0 Å². The number of likely N-dealkylation sites (tertiary alicyclic amines) is 1. The smallest absolute Gasteiger partial charge is 0.255 e. The van der Waals surface area contributed by atoms with Crippen LogP contribution in [0.3, 0.4) is 0 Å². The highest BCUT2D eigenvalue weighted by molar-refractivity contribution is 5.86. The van der Waals surface area contributed by atoms with Crippen LogP contribution in [0.1, 0.15) is 33.1 Å². The van der Waals surface area contributed by atoms with Crippen molar-refractivity contribution < 1.29 is 9.53 Å². The van der Waals surface area contributed by atoms with Crippen molar-refractivity contribution in [1.29, 1.82) is 0 Å². The molecule has 0 aliphatic carbocycles. The fourth-order valence-corrected chi connectivity index (χ4v) is 2.98. The van der Waals surface area contributed by atoms with Gasteiger partial charge in [-0.05, 0) is 45.2 Å². The first kappa shape index (κ1) is 12.8. The number of nitrogens with one attached hydrogen (secondary N) is 1. The molecule has 0 spiro atoms. The number of nitrogens with zero attached hydrogens (tertiary/aromatic N) is 1. The molecule has 0 radical (unpaired) electrons. The maximum atomic E-state index is 12.7. The Morgan fingerprint density at radius 2 is 2.00 bits per heavy atom. The minimum absolute atomic E-state index is 0.207. The van der Waals surface area contributed by atoms with E-state index in [1.807, 2.05) is 4.90 Å². The van der Waals surface area contributed by atoms with E-state index in [2.05, 4.69) is 19.2 Å². The van der Waals surface area contributed by atoms with Crippen molar-refractivity contribution in [3.63, 3.8) is 0 Å². The lowest BCUT2D eigenvalue weighted by Crippen LogP contribution is -2.56. The molecule has 2 heterocycles. The average molecular weight is 240 g/mol. The quantitative estimate of drug-likeness (QED) is 0.783. The summed E-state index contributed by atoms with van der Waals surface area (Å²) in [5.74, 6) is 0.813. The zero-order valence-electron chi connectivity index (χ0n) is 11.2. The van der Waals surface area contributed by atoms with Crippen LogP contribution >= 0.6 is 0 Å². The SMILES string of the molecule is COC1(C(=O)N2CCC(C)C2C)CCNCC1. The Bertz CT molecular complexity index is 287. The third-order valence-electron chi connectivity index (χ3n) is 4.59. The van der Waals surface area contributed by atoms with Crippen LogP contribution < -0.4 is 5.32 Å². The first-order valence-corrected chi connectivity index (χ1v) is 6.68. The topological polar surface area (TPSA) is 41.6 Å². The molecule has 1 N–H and O–H groups in total. The van der Waals surface area contributed by atoms with Crippen LogP contribution in [0, 0.1) is 5.92 Å². The van der Waals surface area contributed by atoms with Gasteiger partial charge in [0.1, 0.15) is 5.60 Å². The van der Waals surface area contributed by atoms with Crippen molar-refractivity contribution in [2.75, 3.05) is 26.7 Å². The Kier molecular flexibility index (Phi) is 3.73. The maximum Gasteiger partial charge on any atom is 0.255 e. The van der Waals surface area contributed by atoms with Crippen LogP contribution in [-0.4, -0.2) is 49.2 Å². The van der Waals surface area contributed by atoms with E-state index >= 15 is 0 Å². The Hall–Kier alpha value is -0.610. The highest BCUT2D eigenvalue weighted by atomic mass is 16.5. The highest BCUT2D eigenvalue weighted by Gasteiger charge is 2.45. The summed E-state index contributed by atoms with van der Waals surface area (Å²) < 4.78 is 5.61. The summed E-state index contributed by atoms with van der Waals surface area (Å²) in [7, 11) is 1.67. The second-order valence-electron chi connectivity index (χ2n) is 5.45. The van der Waals surface area contributed by atoms with Crippen LogP contribution in [0.15, 0.2) is 0 Å². The molecule has 2 saturated heterocycles. The third kappa shape index (κ3) is 2.20. The average Bonchev–Trinajstić information content (AvgIpc) is 2.70. The van der Waals surface area contributed by atoms with Gasteiger partial charge in [0, 0.05) is 19.7 Å². The van der Waals surface area contributed by atoms with Crippen molar-refractivity contribution in [2.24, 2.45) is 5.92 Å². The monoisotopic (exact) mass is 240 g/mol. The van der Waals surface area contributed by atoms with Crippen molar-refractivity contribution in [3.8, 4) is 0 Å². The molecule has 2 unspecified atom stereocenters. The van der Waals surface area contributed by atoms with E-state index < -0.39 is 5.60 Å². The van der Waals surface area contributed by atoms with Gasteiger partial charge in [-0.25, -0.2) is 0 Å². The summed E-state index contributed by atoms with van der Waals surface area (Å²) in [6.07, 6.45) is 2.70. The normalized spacial score (nSPS) is 32.8. The van der Waals surface area contributed by atoms with Gasteiger partial charge in [-0.1, -0.05) is 6.92 Å². The van der Waals surface area contributed by atoms with Gasteiger partial charge < -0.3 is 15.0 Å². The van der Waals surface area contributed by atoms with Crippen LogP contribution in [0.2, 0.25) is 0 Å². The van der Waals surface area contributed by atoms with Gasteiger partial charge in [-0.3, -0.25) is 4.79 Å². The molecule has 2 aliphatic rings. The number of rotatable bonds is 2. The molecule has 4 nitrogen and oxygen atoms in total. The van der Waals surface area contributed by atoms with Crippen molar-refractivity contribution in [3.05, 3.63) is 0 Å². The molecule has 2 atom stereocenters. The Balaban J connectivity index is 2.12. The number of piperidine rings is 1. The van der Waals surface area contributed by atoms with E-state index in [9.17, 15) is 4.79 Å². The lowest BCUT2D eigenvalue weighted by atomic mass is 9.90. The number of hydrogen-bond acceptors (Lipinski definition) is 3. The molecule has 0 aromatic rings. The Labute approximate surface area is 104 Å². The summed E-state index contributed by atoms with van der Waals surface area (Å²) in [4.78, 5) is 14.7. The zero-order chi connectivity index (χ0) is 12.5. The fraction of sp³-hybridized carbons (Fsp3) is 0.923. The van der Waals surface area contributed by atoms with E-state index in [0.29, 0.717) is 12.0 Å². The van der Waals surface area contributed by atoms with Crippen LogP contribution in [-0.2, 0) is 9.53 Å². The van der Waals surface area contributed by atoms with E-state index in [4.69, 9.17) is 4.74 Å². The molecular weight excluding hydrogens is 216 g/mol. The predicted octanol–water partition coefficient (Wildman–Crippen LogP) is 1.01. The molecule has 1 amide bonds. The molecule has 0 aromatic carbocycles. The molecule has 0 saturated carbocycles. The summed E-state index contributed by atoms with van der Waals surface area (Å²) in [5, 5.41) is 3.29. The summed E-state index contributed by atoms with van der Waals surface area (Å²) in [6.45, 7) is 7.01. The second kappa shape index (κ2) is 4.94. The molecule has 98 valence electrons. The number of methoxy groups -OCH3 is 1. The highest BCUT2D eigenvalue weighted by Crippen LogP contribution is 2.31. The van der Waals surface area contributed by atoms with Crippen LogP contribution in [0.25, 0.3) is 0 Å². The molecule has 4 heteroatoms. The van der Waals surface area contributed by atoms with Gasteiger partial charge in [0.05, 0.1) is 0 Å². The number of carbonyl (C=O) groups excluding carboxylic acids is 1. The zero-order valence-corrected chi connectivity index (χ0v) is 11.2. The van der Waals surface area contributed by atoms with Gasteiger partial charge in [0.15, 0.2) is 0 Å². The van der Waals surface area contributed by atoms with Gasteiger partial charge >= 0.3 is 0 Å².